The van der Waals surface area contributed by atoms with Crippen LogP contribution in [0, 0.1) is 17.3 Å². The van der Waals surface area contributed by atoms with E-state index in [9.17, 15) is 4.79 Å². The minimum absolute atomic E-state index is 0.0506. The first-order chi connectivity index (χ1) is 11.5. The summed E-state index contributed by atoms with van der Waals surface area (Å²) in [5.74, 6) is 1.89. The van der Waals surface area contributed by atoms with Gasteiger partial charge in [0.15, 0.2) is 5.79 Å². The van der Waals surface area contributed by atoms with Crippen molar-refractivity contribution in [1.29, 1.82) is 0 Å². The average molecular weight is 375 g/mol. The van der Waals surface area contributed by atoms with Crippen LogP contribution in [0.15, 0.2) is 0 Å². The van der Waals surface area contributed by atoms with Crippen molar-refractivity contribution < 1.29 is 19.0 Å². The normalized spacial score (nSPS) is 32.3. The molecule has 0 aromatic rings. The molecule has 2 aliphatic heterocycles. The van der Waals surface area contributed by atoms with Gasteiger partial charge in [-0.15, -0.1) is 23.5 Å². The summed E-state index contributed by atoms with van der Waals surface area (Å²) in [4.78, 5) is 12.5. The molecule has 2 atom stereocenters. The van der Waals surface area contributed by atoms with E-state index >= 15 is 0 Å². The van der Waals surface area contributed by atoms with E-state index in [2.05, 4.69) is 13.8 Å². The van der Waals surface area contributed by atoms with Gasteiger partial charge in [-0.1, -0.05) is 13.8 Å². The maximum Gasteiger partial charge on any atom is 0.309 e. The van der Waals surface area contributed by atoms with Crippen molar-refractivity contribution in [2.75, 3.05) is 31.3 Å². The SMILES string of the molecule is CCOC(=O)C1CCC2(OCC(C)(C)CO2)C1CCC1SCCS1. The molecular weight excluding hydrogens is 344 g/mol. The first kappa shape index (κ1) is 18.9. The van der Waals surface area contributed by atoms with Gasteiger partial charge in [0, 0.05) is 29.3 Å². The van der Waals surface area contributed by atoms with E-state index in [1.54, 1.807) is 0 Å². The Hall–Kier alpha value is 0.0900. The van der Waals surface area contributed by atoms with Crippen LogP contribution in [0.25, 0.3) is 0 Å². The zero-order valence-corrected chi connectivity index (χ0v) is 16.7. The number of hydrogen-bond donors (Lipinski definition) is 0. The molecule has 0 aromatic heterocycles. The van der Waals surface area contributed by atoms with Gasteiger partial charge in [0.25, 0.3) is 0 Å². The quantitative estimate of drug-likeness (QED) is 0.680. The van der Waals surface area contributed by atoms with Gasteiger partial charge >= 0.3 is 5.97 Å². The Bertz CT molecular complexity index is 438. The maximum absolute atomic E-state index is 12.5. The fraction of sp³-hybridized carbons (Fsp3) is 0.944. The first-order valence-corrected chi connectivity index (χ1v) is 11.2. The summed E-state index contributed by atoms with van der Waals surface area (Å²) in [6.07, 6.45) is 3.72. The second-order valence-corrected chi connectivity index (χ2v) is 10.7. The van der Waals surface area contributed by atoms with Crippen LogP contribution in [0.5, 0.6) is 0 Å². The van der Waals surface area contributed by atoms with Crippen molar-refractivity contribution in [2.24, 2.45) is 17.3 Å². The van der Waals surface area contributed by atoms with E-state index in [0.717, 1.165) is 25.7 Å². The summed E-state index contributed by atoms with van der Waals surface area (Å²) in [5, 5.41) is 0. The fourth-order valence-electron chi connectivity index (χ4n) is 3.97. The molecule has 2 saturated heterocycles. The lowest BCUT2D eigenvalue weighted by Crippen LogP contribution is -2.51. The Morgan fingerprint density at radius 3 is 2.46 bits per heavy atom. The topological polar surface area (TPSA) is 44.8 Å². The molecule has 4 nitrogen and oxygen atoms in total. The molecule has 0 aromatic carbocycles. The molecule has 6 heteroatoms. The van der Waals surface area contributed by atoms with Gasteiger partial charge in [-0.3, -0.25) is 4.79 Å². The number of carbonyl (C=O) groups excluding carboxylic acids is 1. The lowest BCUT2D eigenvalue weighted by Gasteiger charge is -2.45. The molecule has 2 heterocycles. The molecule has 0 N–H and O–H groups in total. The number of carbonyl (C=O) groups is 1. The van der Waals surface area contributed by atoms with Crippen LogP contribution < -0.4 is 0 Å². The summed E-state index contributed by atoms with van der Waals surface area (Å²) < 4.78 is 18.6. The molecule has 3 aliphatic rings. The monoisotopic (exact) mass is 374 g/mol. The molecule has 1 aliphatic carbocycles. The predicted octanol–water partition coefficient (Wildman–Crippen LogP) is 3.93. The second-order valence-electron chi connectivity index (χ2n) is 7.81. The van der Waals surface area contributed by atoms with Gasteiger partial charge in [-0.2, -0.15) is 0 Å². The number of esters is 1. The van der Waals surface area contributed by atoms with Crippen LogP contribution in [-0.4, -0.2) is 47.7 Å². The summed E-state index contributed by atoms with van der Waals surface area (Å²) in [6, 6.07) is 0. The Morgan fingerprint density at radius 1 is 1.17 bits per heavy atom. The van der Waals surface area contributed by atoms with Crippen LogP contribution in [-0.2, 0) is 19.0 Å². The molecule has 24 heavy (non-hydrogen) atoms. The highest BCUT2D eigenvalue weighted by Crippen LogP contribution is 2.51. The highest BCUT2D eigenvalue weighted by Gasteiger charge is 2.56. The fourth-order valence-corrected chi connectivity index (χ4v) is 6.83. The number of hydrogen-bond acceptors (Lipinski definition) is 6. The van der Waals surface area contributed by atoms with Crippen molar-refractivity contribution in [2.45, 2.75) is 56.8 Å². The van der Waals surface area contributed by atoms with Gasteiger partial charge in [0.2, 0.25) is 0 Å². The minimum Gasteiger partial charge on any atom is -0.466 e. The van der Waals surface area contributed by atoms with Crippen LogP contribution in [0.3, 0.4) is 0 Å². The Morgan fingerprint density at radius 2 is 1.83 bits per heavy atom. The zero-order valence-electron chi connectivity index (χ0n) is 15.0. The number of ether oxygens (including phenoxy) is 3. The molecule has 1 saturated carbocycles. The van der Waals surface area contributed by atoms with Gasteiger partial charge in [0.05, 0.1) is 30.3 Å². The Labute approximate surface area is 154 Å². The molecular formula is C18H30O4S2. The highest BCUT2D eigenvalue weighted by atomic mass is 32.2. The molecule has 3 rings (SSSR count). The molecule has 3 fully saturated rings. The summed E-state index contributed by atoms with van der Waals surface area (Å²) >= 11 is 4.09. The van der Waals surface area contributed by atoms with E-state index in [1.807, 2.05) is 30.4 Å². The summed E-state index contributed by atoms with van der Waals surface area (Å²) in [5.41, 5.74) is 0.0506. The summed E-state index contributed by atoms with van der Waals surface area (Å²) in [6.45, 7) is 8.05. The molecule has 2 unspecified atom stereocenters. The summed E-state index contributed by atoms with van der Waals surface area (Å²) in [7, 11) is 0. The largest absolute Gasteiger partial charge is 0.466 e. The first-order valence-electron chi connectivity index (χ1n) is 9.13. The Balaban J connectivity index is 1.70. The number of thioether (sulfide) groups is 2. The van der Waals surface area contributed by atoms with Gasteiger partial charge in [-0.25, -0.2) is 0 Å². The third-order valence-corrected chi connectivity index (χ3v) is 8.43. The van der Waals surface area contributed by atoms with Crippen LogP contribution >= 0.6 is 23.5 Å². The lowest BCUT2D eigenvalue weighted by molar-refractivity contribution is -0.316. The number of rotatable bonds is 5. The van der Waals surface area contributed by atoms with E-state index in [1.165, 1.54) is 11.5 Å². The van der Waals surface area contributed by atoms with Crippen molar-refractivity contribution >= 4 is 29.5 Å². The van der Waals surface area contributed by atoms with E-state index in [-0.39, 0.29) is 23.2 Å². The molecule has 0 bridgehead atoms. The van der Waals surface area contributed by atoms with Crippen molar-refractivity contribution in [3.8, 4) is 0 Å². The van der Waals surface area contributed by atoms with Gasteiger partial charge in [0.1, 0.15) is 0 Å². The maximum atomic E-state index is 12.5. The second kappa shape index (κ2) is 7.77. The van der Waals surface area contributed by atoms with Crippen molar-refractivity contribution in [3.05, 3.63) is 0 Å². The van der Waals surface area contributed by atoms with Crippen molar-refractivity contribution in [1.82, 2.24) is 0 Å². The van der Waals surface area contributed by atoms with Crippen LogP contribution in [0.4, 0.5) is 0 Å². The standard InChI is InChI=1S/C18H30O4S2/c1-4-20-16(19)13-7-8-18(21-11-17(2,3)12-22-18)14(13)5-6-15-23-9-10-24-15/h13-15H,4-12H2,1-3H3. The minimum atomic E-state index is -0.569. The average Bonchev–Trinajstić information content (AvgIpc) is 3.17. The third kappa shape index (κ3) is 4.08. The van der Waals surface area contributed by atoms with Crippen LogP contribution in [0.1, 0.15) is 46.5 Å². The molecule has 0 amide bonds. The zero-order chi connectivity index (χ0) is 17.2. The predicted molar refractivity (Wildman–Crippen MR) is 99.2 cm³/mol. The Kier molecular flexibility index (Phi) is 6.11. The lowest BCUT2D eigenvalue weighted by atomic mass is 9.86. The van der Waals surface area contributed by atoms with Gasteiger partial charge < -0.3 is 14.2 Å². The third-order valence-electron chi connectivity index (χ3n) is 5.26. The van der Waals surface area contributed by atoms with Gasteiger partial charge in [-0.05, 0) is 26.2 Å². The van der Waals surface area contributed by atoms with E-state index in [0.29, 0.717) is 24.4 Å². The van der Waals surface area contributed by atoms with Crippen LogP contribution in [0.2, 0.25) is 0 Å². The van der Waals surface area contributed by atoms with Crippen molar-refractivity contribution in [3.63, 3.8) is 0 Å². The van der Waals surface area contributed by atoms with E-state index in [4.69, 9.17) is 14.2 Å². The van der Waals surface area contributed by atoms with E-state index < -0.39 is 5.79 Å². The molecule has 0 radical (unpaired) electrons. The highest BCUT2D eigenvalue weighted by molar-refractivity contribution is 8.20. The smallest absolute Gasteiger partial charge is 0.309 e. The molecule has 138 valence electrons. The molecule has 1 spiro atoms.